The Morgan fingerprint density at radius 1 is 0.962 bits per heavy atom. The van der Waals surface area contributed by atoms with Gasteiger partial charge in [-0.2, -0.15) is 0 Å². The molecule has 0 spiro atoms. The summed E-state index contributed by atoms with van der Waals surface area (Å²) in [6, 6.07) is 19.3. The standard InChI is InChI=1S/C20H18N2O4/c23-19(21-13-18-10-5-11-25-18)14-26-17-9-4-8-16(12-17)22-20(24)15-6-2-1-3-7-15/h1-12H,13-14H2,(H,21,23)(H,22,24). The van der Waals surface area contributed by atoms with Crippen molar-refractivity contribution in [3.8, 4) is 5.75 Å². The highest BCUT2D eigenvalue weighted by Crippen LogP contribution is 2.18. The predicted octanol–water partition coefficient (Wildman–Crippen LogP) is 3.23. The summed E-state index contributed by atoms with van der Waals surface area (Å²) in [6.07, 6.45) is 1.55. The van der Waals surface area contributed by atoms with Crippen molar-refractivity contribution in [1.82, 2.24) is 5.32 Å². The fraction of sp³-hybridized carbons (Fsp3) is 0.100. The van der Waals surface area contributed by atoms with Crippen molar-refractivity contribution in [2.75, 3.05) is 11.9 Å². The van der Waals surface area contributed by atoms with Gasteiger partial charge in [0.05, 0.1) is 12.8 Å². The van der Waals surface area contributed by atoms with E-state index in [4.69, 9.17) is 9.15 Å². The Morgan fingerprint density at radius 3 is 2.58 bits per heavy atom. The van der Waals surface area contributed by atoms with E-state index >= 15 is 0 Å². The van der Waals surface area contributed by atoms with E-state index in [1.54, 1.807) is 66.9 Å². The molecule has 0 fully saturated rings. The molecule has 6 heteroatoms. The smallest absolute Gasteiger partial charge is 0.258 e. The second-order valence-corrected chi connectivity index (χ2v) is 5.49. The average Bonchev–Trinajstić information content (AvgIpc) is 3.19. The van der Waals surface area contributed by atoms with Crippen LogP contribution in [0.3, 0.4) is 0 Å². The van der Waals surface area contributed by atoms with E-state index in [1.165, 1.54) is 0 Å². The topological polar surface area (TPSA) is 80.6 Å². The molecule has 2 N–H and O–H groups in total. The first-order chi connectivity index (χ1) is 12.7. The third kappa shape index (κ3) is 4.98. The van der Waals surface area contributed by atoms with Gasteiger partial charge in [0.15, 0.2) is 6.61 Å². The van der Waals surface area contributed by atoms with Gasteiger partial charge in [-0.05, 0) is 36.4 Å². The van der Waals surface area contributed by atoms with Gasteiger partial charge in [-0.1, -0.05) is 24.3 Å². The van der Waals surface area contributed by atoms with Crippen LogP contribution >= 0.6 is 0 Å². The van der Waals surface area contributed by atoms with E-state index in [2.05, 4.69) is 10.6 Å². The van der Waals surface area contributed by atoms with Crippen molar-refractivity contribution in [2.45, 2.75) is 6.54 Å². The molecule has 0 aliphatic heterocycles. The maximum atomic E-state index is 12.2. The average molecular weight is 350 g/mol. The first kappa shape index (κ1) is 17.3. The Morgan fingerprint density at radius 2 is 1.81 bits per heavy atom. The minimum Gasteiger partial charge on any atom is -0.484 e. The van der Waals surface area contributed by atoms with Gasteiger partial charge in [0, 0.05) is 17.3 Å². The van der Waals surface area contributed by atoms with Crippen LogP contribution in [0.25, 0.3) is 0 Å². The molecular formula is C20H18N2O4. The zero-order valence-corrected chi connectivity index (χ0v) is 14.0. The van der Waals surface area contributed by atoms with Crippen LogP contribution < -0.4 is 15.4 Å². The quantitative estimate of drug-likeness (QED) is 0.685. The lowest BCUT2D eigenvalue weighted by molar-refractivity contribution is -0.123. The molecule has 2 amide bonds. The molecule has 132 valence electrons. The normalized spacial score (nSPS) is 10.2. The SMILES string of the molecule is O=C(COc1cccc(NC(=O)c2ccccc2)c1)NCc1ccco1. The number of carbonyl (C=O) groups is 2. The maximum absolute atomic E-state index is 12.2. The number of hydrogen-bond donors (Lipinski definition) is 2. The van der Waals surface area contributed by atoms with Gasteiger partial charge in [0.2, 0.25) is 0 Å². The van der Waals surface area contributed by atoms with E-state index in [0.717, 1.165) is 0 Å². The minimum absolute atomic E-state index is 0.128. The number of amides is 2. The van der Waals surface area contributed by atoms with Crippen LogP contribution in [0.4, 0.5) is 5.69 Å². The molecule has 6 nitrogen and oxygen atoms in total. The van der Waals surface area contributed by atoms with E-state index < -0.39 is 0 Å². The van der Waals surface area contributed by atoms with Gasteiger partial charge in [0.1, 0.15) is 11.5 Å². The summed E-state index contributed by atoms with van der Waals surface area (Å²) >= 11 is 0. The van der Waals surface area contributed by atoms with Gasteiger partial charge < -0.3 is 19.8 Å². The van der Waals surface area contributed by atoms with E-state index in [-0.39, 0.29) is 18.4 Å². The number of anilines is 1. The zero-order chi connectivity index (χ0) is 18.2. The summed E-state index contributed by atoms with van der Waals surface area (Å²) in [7, 11) is 0. The van der Waals surface area contributed by atoms with E-state index in [9.17, 15) is 9.59 Å². The molecule has 0 bridgehead atoms. The fourth-order valence-electron chi connectivity index (χ4n) is 2.26. The van der Waals surface area contributed by atoms with Gasteiger partial charge in [-0.25, -0.2) is 0 Å². The lowest BCUT2D eigenvalue weighted by Gasteiger charge is -2.09. The summed E-state index contributed by atoms with van der Waals surface area (Å²) in [5.74, 6) is 0.687. The van der Waals surface area contributed by atoms with Crippen molar-refractivity contribution < 1.29 is 18.7 Å². The Kier molecular flexibility index (Phi) is 5.67. The monoisotopic (exact) mass is 350 g/mol. The molecule has 2 aromatic carbocycles. The second-order valence-electron chi connectivity index (χ2n) is 5.49. The molecule has 1 aromatic heterocycles. The van der Waals surface area contributed by atoms with Crippen LogP contribution in [0.1, 0.15) is 16.1 Å². The lowest BCUT2D eigenvalue weighted by Crippen LogP contribution is -2.28. The first-order valence-corrected chi connectivity index (χ1v) is 8.09. The summed E-state index contributed by atoms with van der Waals surface area (Å²) in [4.78, 5) is 24.0. The number of ether oxygens (including phenoxy) is 1. The van der Waals surface area contributed by atoms with Gasteiger partial charge >= 0.3 is 0 Å². The Hall–Kier alpha value is -3.54. The van der Waals surface area contributed by atoms with Crippen LogP contribution in [-0.4, -0.2) is 18.4 Å². The van der Waals surface area contributed by atoms with Crippen LogP contribution in [-0.2, 0) is 11.3 Å². The third-order valence-electron chi connectivity index (χ3n) is 3.54. The van der Waals surface area contributed by atoms with Crippen molar-refractivity contribution in [1.29, 1.82) is 0 Å². The Bertz CT molecular complexity index is 861. The minimum atomic E-state index is -0.264. The van der Waals surface area contributed by atoms with Crippen molar-refractivity contribution in [2.24, 2.45) is 0 Å². The summed E-state index contributed by atoms with van der Waals surface area (Å²) < 4.78 is 10.6. The number of benzene rings is 2. The summed E-state index contributed by atoms with van der Waals surface area (Å²) in [5.41, 5.74) is 1.16. The van der Waals surface area contributed by atoms with E-state index in [0.29, 0.717) is 29.3 Å². The molecule has 0 saturated heterocycles. The molecule has 0 aliphatic carbocycles. The predicted molar refractivity (Wildman–Crippen MR) is 96.9 cm³/mol. The van der Waals surface area contributed by atoms with Gasteiger partial charge in [-0.15, -0.1) is 0 Å². The molecule has 0 atom stereocenters. The molecular weight excluding hydrogens is 332 g/mol. The molecule has 26 heavy (non-hydrogen) atoms. The number of nitrogens with one attached hydrogen (secondary N) is 2. The molecule has 3 aromatic rings. The summed E-state index contributed by atoms with van der Waals surface area (Å²) in [6.45, 7) is 0.180. The van der Waals surface area contributed by atoms with Crippen LogP contribution in [0.15, 0.2) is 77.4 Å². The highest BCUT2D eigenvalue weighted by molar-refractivity contribution is 6.04. The highest BCUT2D eigenvalue weighted by Gasteiger charge is 2.07. The van der Waals surface area contributed by atoms with Gasteiger partial charge in [-0.3, -0.25) is 9.59 Å². The Labute approximate surface area is 150 Å². The molecule has 0 unspecified atom stereocenters. The van der Waals surface area contributed by atoms with Crippen LogP contribution in [0.2, 0.25) is 0 Å². The van der Waals surface area contributed by atoms with Gasteiger partial charge in [0.25, 0.3) is 11.8 Å². The Balaban J connectivity index is 1.50. The molecule has 0 radical (unpaired) electrons. The third-order valence-corrected chi connectivity index (χ3v) is 3.54. The first-order valence-electron chi connectivity index (χ1n) is 8.09. The van der Waals surface area contributed by atoms with Crippen molar-refractivity contribution in [3.63, 3.8) is 0 Å². The molecule has 3 rings (SSSR count). The molecule has 1 heterocycles. The van der Waals surface area contributed by atoms with E-state index in [1.807, 2.05) is 6.07 Å². The summed E-state index contributed by atoms with van der Waals surface area (Å²) in [5, 5.41) is 5.49. The van der Waals surface area contributed by atoms with Crippen molar-refractivity contribution >= 4 is 17.5 Å². The number of carbonyl (C=O) groups excluding carboxylic acids is 2. The highest BCUT2D eigenvalue weighted by atomic mass is 16.5. The largest absolute Gasteiger partial charge is 0.484 e. The molecule has 0 aliphatic rings. The number of rotatable bonds is 7. The van der Waals surface area contributed by atoms with Crippen LogP contribution in [0.5, 0.6) is 5.75 Å². The number of furan rings is 1. The molecule has 0 saturated carbocycles. The lowest BCUT2D eigenvalue weighted by atomic mass is 10.2. The van der Waals surface area contributed by atoms with Crippen LogP contribution in [0, 0.1) is 0 Å². The zero-order valence-electron chi connectivity index (χ0n) is 14.0. The van der Waals surface area contributed by atoms with Crippen molar-refractivity contribution in [3.05, 3.63) is 84.3 Å². The maximum Gasteiger partial charge on any atom is 0.258 e. The number of hydrogen-bond acceptors (Lipinski definition) is 4. The second kappa shape index (κ2) is 8.53. The fourth-order valence-corrected chi connectivity index (χ4v) is 2.26.